The lowest BCUT2D eigenvalue weighted by molar-refractivity contribution is -0.125. The number of halogens is 1. The maximum atomic E-state index is 13.0. The third kappa shape index (κ3) is 3.56. The summed E-state index contributed by atoms with van der Waals surface area (Å²) >= 11 is 10.8. The van der Waals surface area contributed by atoms with Crippen molar-refractivity contribution in [3.63, 3.8) is 0 Å². The molecule has 0 bridgehead atoms. The number of anilines is 1. The maximum Gasteiger partial charge on any atom is 0.253 e. The number of nitrogens with zero attached hydrogens (tertiary/aromatic N) is 2. The van der Waals surface area contributed by atoms with Gasteiger partial charge in [0.1, 0.15) is 0 Å². The van der Waals surface area contributed by atoms with Crippen LogP contribution in [0.25, 0.3) is 0 Å². The second-order valence-corrected chi connectivity index (χ2v) is 8.67. The number of allylic oxidation sites excluding steroid dienone is 1. The highest BCUT2D eigenvalue weighted by Gasteiger charge is 2.35. The van der Waals surface area contributed by atoms with Gasteiger partial charge < -0.3 is 10.2 Å². The normalized spacial score (nSPS) is 17.3. The zero-order valence-corrected chi connectivity index (χ0v) is 18.3. The molecule has 0 fully saturated rings. The van der Waals surface area contributed by atoms with E-state index in [0.29, 0.717) is 10.7 Å². The van der Waals surface area contributed by atoms with E-state index < -0.39 is 0 Å². The molecule has 136 valence electrons. The molecule has 1 aliphatic rings. The number of hydrogen-bond acceptors (Lipinski definition) is 3. The van der Waals surface area contributed by atoms with Gasteiger partial charge in [0.15, 0.2) is 5.11 Å². The standard InChI is InChI=1S/C19H20BrN3OS2/c1-11-6-5-7-14(8-11)23-12(2)16(18(24)22(3)4)17(21-19(23)25)15-9-13(20)10-26-15/h5-10,17H,1-4H3,(H,21,25). The topological polar surface area (TPSA) is 35.6 Å². The molecule has 0 aliphatic carbocycles. The lowest BCUT2D eigenvalue weighted by atomic mass is 9.99. The fraction of sp³-hybridized carbons (Fsp3) is 0.263. The van der Waals surface area contributed by atoms with Crippen molar-refractivity contribution in [1.82, 2.24) is 10.2 Å². The molecule has 1 unspecified atom stereocenters. The smallest absolute Gasteiger partial charge is 0.253 e. The second kappa shape index (κ2) is 7.50. The highest BCUT2D eigenvalue weighted by molar-refractivity contribution is 9.10. The van der Waals surface area contributed by atoms with Gasteiger partial charge in [-0.25, -0.2) is 0 Å². The molecular formula is C19H20BrN3OS2. The van der Waals surface area contributed by atoms with Crippen molar-refractivity contribution in [2.75, 3.05) is 19.0 Å². The van der Waals surface area contributed by atoms with Gasteiger partial charge in [-0.2, -0.15) is 0 Å². The summed E-state index contributed by atoms with van der Waals surface area (Å²) in [5.74, 6) is -0.0234. The van der Waals surface area contributed by atoms with E-state index in [0.717, 1.165) is 26.3 Å². The SMILES string of the molecule is CC1=C(C(=O)N(C)C)C(c2cc(Br)cs2)NC(=S)N1c1cccc(C)c1. The van der Waals surface area contributed by atoms with E-state index in [1.165, 1.54) is 0 Å². The molecule has 1 aromatic carbocycles. The van der Waals surface area contributed by atoms with Gasteiger partial charge in [-0.05, 0) is 65.8 Å². The Labute approximate surface area is 171 Å². The van der Waals surface area contributed by atoms with Crippen molar-refractivity contribution in [3.05, 3.63) is 61.9 Å². The number of aryl methyl sites for hydroxylation is 1. The molecule has 26 heavy (non-hydrogen) atoms. The van der Waals surface area contributed by atoms with Crippen LogP contribution in [0.5, 0.6) is 0 Å². The van der Waals surface area contributed by atoms with Crippen molar-refractivity contribution in [2.24, 2.45) is 0 Å². The van der Waals surface area contributed by atoms with Crippen LogP contribution in [0.15, 0.2) is 51.5 Å². The Kier molecular flexibility index (Phi) is 5.50. The van der Waals surface area contributed by atoms with Crippen LogP contribution in [-0.4, -0.2) is 30.0 Å². The average molecular weight is 450 g/mol. The number of thiocarbonyl (C=S) groups is 1. The van der Waals surface area contributed by atoms with E-state index in [-0.39, 0.29) is 11.9 Å². The molecule has 1 aromatic heterocycles. The zero-order valence-electron chi connectivity index (χ0n) is 15.0. The van der Waals surface area contributed by atoms with Gasteiger partial charge >= 0.3 is 0 Å². The van der Waals surface area contributed by atoms with Crippen molar-refractivity contribution in [1.29, 1.82) is 0 Å². The van der Waals surface area contributed by atoms with Crippen molar-refractivity contribution in [3.8, 4) is 0 Å². The maximum absolute atomic E-state index is 13.0. The fourth-order valence-electron chi connectivity index (χ4n) is 3.03. The molecule has 7 heteroatoms. The number of carbonyl (C=O) groups excluding carboxylic acids is 1. The van der Waals surface area contributed by atoms with Gasteiger partial charge in [0.2, 0.25) is 0 Å². The quantitative estimate of drug-likeness (QED) is 0.693. The molecule has 2 heterocycles. The zero-order chi connectivity index (χ0) is 19.0. The van der Waals surface area contributed by atoms with E-state index >= 15 is 0 Å². The first kappa shape index (κ1) is 19.1. The number of thiophene rings is 1. The Morgan fingerprint density at radius 3 is 2.62 bits per heavy atom. The number of nitrogens with one attached hydrogen (secondary N) is 1. The van der Waals surface area contributed by atoms with E-state index in [1.807, 2.05) is 48.4 Å². The number of amides is 1. The molecule has 1 amide bonds. The Hall–Kier alpha value is -1.70. The first-order valence-corrected chi connectivity index (χ1v) is 10.2. The van der Waals surface area contributed by atoms with Crippen LogP contribution in [0.3, 0.4) is 0 Å². The summed E-state index contributed by atoms with van der Waals surface area (Å²) in [7, 11) is 3.54. The molecule has 0 saturated carbocycles. The first-order chi connectivity index (χ1) is 12.3. The van der Waals surface area contributed by atoms with Gasteiger partial charge in [0, 0.05) is 40.2 Å². The van der Waals surface area contributed by atoms with Gasteiger partial charge in [0.05, 0.1) is 11.6 Å². The minimum Gasteiger partial charge on any atom is -0.350 e. The molecular weight excluding hydrogens is 430 g/mol. The number of benzene rings is 1. The van der Waals surface area contributed by atoms with Gasteiger partial charge in [0.25, 0.3) is 5.91 Å². The average Bonchev–Trinajstić information content (AvgIpc) is 3.00. The van der Waals surface area contributed by atoms with Gasteiger partial charge in [-0.3, -0.25) is 9.69 Å². The van der Waals surface area contributed by atoms with Crippen LogP contribution >= 0.6 is 39.5 Å². The number of hydrogen-bond donors (Lipinski definition) is 1. The predicted molar refractivity (Wildman–Crippen MR) is 116 cm³/mol. The molecule has 1 aliphatic heterocycles. The van der Waals surface area contributed by atoms with Crippen molar-refractivity contribution < 1.29 is 4.79 Å². The lowest BCUT2D eigenvalue weighted by Gasteiger charge is -2.38. The summed E-state index contributed by atoms with van der Waals surface area (Å²) in [6.07, 6.45) is 0. The largest absolute Gasteiger partial charge is 0.350 e. The summed E-state index contributed by atoms with van der Waals surface area (Å²) in [6, 6.07) is 9.89. The van der Waals surface area contributed by atoms with E-state index in [9.17, 15) is 4.79 Å². The minimum atomic E-state index is -0.255. The van der Waals surface area contributed by atoms with Crippen LogP contribution < -0.4 is 10.2 Å². The Morgan fingerprint density at radius 2 is 2.04 bits per heavy atom. The summed E-state index contributed by atoms with van der Waals surface area (Å²) < 4.78 is 1.00. The number of rotatable bonds is 3. The van der Waals surface area contributed by atoms with Crippen LogP contribution in [0.4, 0.5) is 5.69 Å². The van der Waals surface area contributed by atoms with E-state index in [2.05, 4.69) is 27.3 Å². The van der Waals surface area contributed by atoms with Crippen molar-refractivity contribution >= 4 is 56.2 Å². The number of likely N-dealkylation sites (N-methyl/N-ethyl adjacent to an activating group) is 1. The molecule has 0 spiro atoms. The fourth-order valence-corrected chi connectivity index (χ4v) is 4.90. The van der Waals surface area contributed by atoms with Gasteiger partial charge in [-0.1, -0.05) is 12.1 Å². The Balaban J connectivity index is 2.16. The minimum absolute atomic E-state index is 0.0234. The Bertz CT molecular complexity index is 904. The summed E-state index contributed by atoms with van der Waals surface area (Å²) in [4.78, 5) is 17.6. The predicted octanol–water partition coefficient (Wildman–Crippen LogP) is 4.62. The van der Waals surface area contributed by atoms with E-state index in [1.54, 1.807) is 30.3 Å². The monoisotopic (exact) mass is 449 g/mol. The number of carbonyl (C=O) groups is 1. The van der Waals surface area contributed by atoms with Crippen LogP contribution in [-0.2, 0) is 4.79 Å². The highest BCUT2D eigenvalue weighted by atomic mass is 79.9. The molecule has 0 saturated heterocycles. The van der Waals surface area contributed by atoms with E-state index in [4.69, 9.17) is 12.2 Å². The molecule has 3 rings (SSSR count). The van der Waals surface area contributed by atoms with Gasteiger partial charge in [-0.15, -0.1) is 11.3 Å². The summed E-state index contributed by atoms with van der Waals surface area (Å²) in [5.41, 5.74) is 3.66. The molecule has 1 N–H and O–H groups in total. The molecule has 1 atom stereocenters. The highest BCUT2D eigenvalue weighted by Crippen LogP contribution is 2.37. The molecule has 2 aromatic rings. The lowest BCUT2D eigenvalue weighted by Crippen LogP contribution is -2.49. The first-order valence-electron chi connectivity index (χ1n) is 8.13. The summed E-state index contributed by atoms with van der Waals surface area (Å²) in [6.45, 7) is 4.00. The third-order valence-electron chi connectivity index (χ3n) is 4.25. The molecule has 0 radical (unpaired) electrons. The van der Waals surface area contributed by atoms with Crippen LogP contribution in [0, 0.1) is 6.92 Å². The summed E-state index contributed by atoms with van der Waals surface area (Å²) in [5, 5.41) is 5.98. The Morgan fingerprint density at radius 1 is 1.31 bits per heavy atom. The van der Waals surface area contributed by atoms with Crippen molar-refractivity contribution in [2.45, 2.75) is 19.9 Å². The molecule has 4 nitrogen and oxygen atoms in total. The second-order valence-electron chi connectivity index (χ2n) is 6.42. The third-order valence-corrected chi connectivity index (χ3v) is 6.31. The van der Waals surface area contributed by atoms with Crippen LogP contribution in [0.2, 0.25) is 0 Å². The van der Waals surface area contributed by atoms with Crippen LogP contribution in [0.1, 0.15) is 23.4 Å².